The molecular formula is C17H20N2O2. The molecule has 2 rings (SSSR count). The predicted octanol–water partition coefficient (Wildman–Crippen LogP) is 3.19. The van der Waals surface area contributed by atoms with Gasteiger partial charge >= 0.3 is 0 Å². The van der Waals surface area contributed by atoms with Gasteiger partial charge in [-0.15, -0.1) is 0 Å². The molecule has 0 bridgehead atoms. The van der Waals surface area contributed by atoms with Gasteiger partial charge in [-0.1, -0.05) is 19.1 Å². The number of carbonyl (C=O) groups is 1. The molecule has 2 aromatic rings. The first kappa shape index (κ1) is 14.9. The summed E-state index contributed by atoms with van der Waals surface area (Å²) < 4.78 is 5.54. The minimum atomic E-state index is -0.413. The molecule has 0 heterocycles. The van der Waals surface area contributed by atoms with E-state index < -0.39 is 5.91 Å². The summed E-state index contributed by atoms with van der Waals surface area (Å²) in [7, 11) is 0. The highest BCUT2D eigenvalue weighted by atomic mass is 16.5. The average molecular weight is 284 g/mol. The third kappa shape index (κ3) is 4.53. The number of benzene rings is 2. The monoisotopic (exact) mass is 284 g/mol. The van der Waals surface area contributed by atoms with E-state index >= 15 is 0 Å². The SMILES string of the molecule is CCCOc1ccc(CNc2ccc(C(N)=O)cc2)cc1. The van der Waals surface area contributed by atoms with E-state index in [0.717, 1.165) is 30.0 Å². The summed E-state index contributed by atoms with van der Waals surface area (Å²) in [5, 5.41) is 3.30. The fraction of sp³-hybridized carbons (Fsp3) is 0.235. The minimum absolute atomic E-state index is 0.413. The van der Waals surface area contributed by atoms with Crippen LogP contribution in [0.25, 0.3) is 0 Å². The van der Waals surface area contributed by atoms with Gasteiger partial charge in [0.2, 0.25) is 5.91 Å². The number of nitrogens with two attached hydrogens (primary N) is 1. The van der Waals surface area contributed by atoms with Crippen LogP contribution in [0.1, 0.15) is 29.3 Å². The van der Waals surface area contributed by atoms with Gasteiger partial charge in [-0.25, -0.2) is 0 Å². The van der Waals surface area contributed by atoms with Gasteiger partial charge in [0, 0.05) is 17.8 Å². The Hall–Kier alpha value is -2.49. The van der Waals surface area contributed by atoms with Crippen LogP contribution < -0.4 is 15.8 Å². The second-order valence-corrected chi connectivity index (χ2v) is 4.79. The van der Waals surface area contributed by atoms with E-state index in [1.165, 1.54) is 0 Å². The van der Waals surface area contributed by atoms with Crippen molar-refractivity contribution >= 4 is 11.6 Å². The number of ether oxygens (including phenoxy) is 1. The fourth-order valence-corrected chi connectivity index (χ4v) is 1.88. The lowest BCUT2D eigenvalue weighted by molar-refractivity contribution is 0.100. The molecule has 110 valence electrons. The van der Waals surface area contributed by atoms with Crippen LogP contribution >= 0.6 is 0 Å². The third-order valence-corrected chi connectivity index (χ3v) is 3.06. The van der Waals surface area contributed by atoms with E-state index in [4.69, 9.17) is 10.5 Å². The van der Waals surface area contributed by atoms with Crippen LogP contribution in [-0.4, -0.2) is 12.5 Å². The lowest BCUT2D eigenvalue weighted by atomic mass is 10.2. The quantitative estimate of drug-likeness (QED) is 0.820. The number of nitrogens with one attached hydrogen (secondary N) is 1. The van der Waals surface area contributed by atoms with Crippen LogP contribution in [0.2, 0.25) is 0 Å². The van der Waals surface area contributed by atoms with E-state index in [9.17, 15) is 4.79 Å². The number of hydrogen-bond donors (Lipinski definition) is 2. The number of carbonyl (C=O) groups excluding carboxylic acids is 1. The van der Waals surface area contributed by atoms with Gasteiger partial charge in [-0.3, -0.25) is 4.79 Å². The van der Waals surface area contributed by atoms with Crippen LogP contribution in [0.4, 0.5) is 5.69 Å². The van der Waals surface area contributed by atoms with Crippen molar-refractivity contribution in [1.82, 2.24) is 0 Å². The van der Waals surface area contributed by atoms with E-state index in [0.29, 0.717) is 12.1 Å². The van der Waals surface area contributed by atoms with Gasteiger partial charge in [0.1, 0.15) is 5.75 Å². The van der Waals surface area contributed by atoms with Crippen molar-refractivity contribution in [3.05, 3.63) is 59.7 Å². The molecule has 0 aliphatic heterocycles. The van der Waals surface area contributed by atoms with E-state index in [1.54, 1.807) is 12.1 Å². The number of amides is 1. The zero-order chi connectivity index (χ0) is 15.1. The predicted molar refractivity (Wildman–Crippen MR) is 84.5 cm³/mol. The van der Waals surface area contributed by atoms with Gasteiger partial charge in [-0.2, -0.15) is 0 Å². The van der Waals surface area contributed by atoms with E-state index in [2.05, 4.69) is 12.2 Å². The summed E-state index contributed by atoms with van der Waals surface area (Å²) in [6.07, 6.45) is 1.00. The molecular weight excluding hydrogens is 264 g/mol. The molecule has 3 N–H and O–H groups in total. The first-order chi connectivity index (χ1) is 10.2. The maximum atomic E-state index is 11.0. The lowest BCUT2D eigenvalue weighted by Crippen LogP contribution is -2.10. The van der Waals surface area contributed by atoms with Crippen molar-refractivity contribution < 1.29 is 9.53 Å². The molecule has 0 aliphatic carbocycles. The summed E-state index contributed by atoms with van der Waals surface area (Å²) in [5.41, 5.74) is 7.83. The molecule has 0 saturated heterocycles. The molecule has 1 amide bonds. The highest BCUT2D eigenvalue weighted by Gasteiger charge is 2.00. The Morgan fingerprint density at radius 1 is 1.10 bits per heavy atom. The topological polar surface area (TPSA) is 64.3 Å². The van der Waals surface area contributed by atoms with Crippen molar-refractivity contribution in [3.63, 3.8) is 0 Å². The van der Waals surface area contributed by atoms with Gasteiger partial charge in [-0.05, 0) is 48.4 Å². The van der Waals surface area contributed by atoms with Crippen LogP contribution in [0.5, 0.6) is 5.75 Å². The normalized spacial score (nSPS) is 10.1. The fourth-order valence-electron chi connectivity index (χ4n) is 1.88. The highest BCUT2D eigenvalue weighted by molar-refractivity contribution is 5.93. The number of rotatable bonds is 7. The third-order valence-electron chi connectivity index (χ3n) is 3.06. The Labute approximate surface area is 124 Å². The van der Waals surface area contributed by atoms with Gasteiger partial charge in [0.25, 0.3) is 0 Å². The van der Waals surface area contributed by atoms with Crippen molar-refractivity contribution in [3.8, 4) is 5.75 Å². The Bertz CT molecular complexity index is 577. The molecule has 0 atom stereocenters. The smallest absolute Gasteiger partial charge is 0.248 e. The highest BCUT2D eigenvalue weighted by Crippen LogP contribution is 2.15. The largest absolute Gasteiger partial charge is 0.494 e. The van der Waals surface area contributed by atoms with Gasteiger partial charge in [0.15, 0.2) is 0 Å². The average Bonchev–Trinajstić information content (AvgIpc) is 2.52. The molecule has 21 heavy (non-hydrogen) atoms. The van der Waals surface area contributed by atoms with E-state index in [1.807, 2.05) is 36.4 Å². The molecule has 0 fully saturated rings. The van der Waals surface area contributed by atoms with Crippen LogP contribution in [0.15, 0.2) is 48.5 Å². The van der Waals surface area contributed by atoms with E-state index in [-0.39, 0.29) is 0 Å². The van der Waals surface area contributed by atoms with Crippen molar-refractivity contribution in [1.29, 1.82) is 0 Å². The number of hydrogen-bond acceptors (Lipinski definition) is 3. The maximum Gasteiger partial charge on any atom is 0.248 e. The zero-order valence-corrected chi connectivity index (χ0v) is 12.1. The molecule has 0 aliphatic rings. The summed E-state index contributed by atoms with van der Waals surface area (Å²) in [5.74, 6) is 0.482. The molecule has 0 radical (unpaired) electrons. The number of primary amides is 1. The Kier molecular flexibility index (Phi) is 5.21. The molecule has 4 heteroatoms. The summed E-state index contributed by atoms with van der Waals surface area (Å²) in [6.45, 7) is 3.54. The molecule has 0 spiro atoms. The van der Waals surface area contributed by atoms with Gasteiger partial charge in [0.05, 0.1) is 6.61 Å². The molecule has 0 saturated carbocycles. The maximum absolute atomic E-state index is 11.0. The Morgan fingerprint density at radius 2 is 1.76 bits per heavy atom. The summed E-state index contributed by atoms with van der Waals surface area (Å²) >= 11 is 0. The summed E-state index contributed by atoms with van der Waals surface area (Å²) in [4.78, 5) is 11.0. The zero-order valence-electron chi connectivity index (χ0n) is 12.1. The minimum Gasteiger partial charge on any atom is -0.494 e. The van der Waals surface area contributed by atoms with Crippen molar-refractivity contribution in [2.75, 3.05) is 11.9 Å². The van der Waals surface area contributed by atoms with Crippen LogP contribution in [0.3, 0.4) is 0 Å². The molecule has 0 unspecified atom stereocenters. The van der Waals surface area contributed by atoms with Crippen LogP contribution in [0, 0.1) is 0 Å². The Balaban J connectivity index is 1.88. The Morgan fingerprint density at radius 3 is 2.33 bits per heavy atom. The molecule has 2 aromatic carbocycles. The molecule has 0 aromatic heterocycles. The van der Waals surface area contributed by atoms with Gasteiger partial charge < -0.3 is 15.8 Å². The summed E-state index contributed by atoms with van der Waals surface area (Å²) in [6, 6.07) is 15.1. The lowest BCUT2D eigenvalue weighted by Gasteiger charge is -2.08. The van der Waals surface area contributed by atoms with Crippen molar-refractivity contribution in [2.45, 2.75) is 19.9 Å². The second-order valence-electron chi connectivity index (χ2n) is 4.79. The first-order valence-electron chi connectivity index (χ1n) is 7.04. The second kappa shape index (κ2) is 7.33. The number of anilines is 1. The van der Waals surface area contributed by atoms with Crippen molar-refractivity contribution in [2.24, 2.45) is 5.73 Å². The molecule has 4 nitrogen and oxygen atoms in total. The standard InChI is InChI=1S/C17H20N2O2/c1-2-11-21-16-9-3-13(4-10-16)12-19-15-7-5-14(6-8-15)17(18)20/h3-10,19H,2,11-12H2,1H3,(H2,18,20). The van der Waals surface area contributed by atoms with Crippen LogP contribution in [-0.2, 0) is 6.54 Å². The first-order valence-corrected chi connectivity index (χ1v) is 7.04.